The van der Waals surface area contributed by atoms with Gasteiger partial charge in [0.15, 0.2) is 17.8 Å². The molecule has 10 heteroatoms. The van der Waals surface area contributed by atoms with Crippen LogP contribution in [-0.4, -0.2) is 54.7 Å². The Morgan fingerprint density at radius 2 is 1.90 bits per heavy atom. The van der Waals surface area contributed by atoms with Crippen molar-refractivity contribution in [2.45, 2.75) is 51.6 Å². The molecular weight excluding hydrogens is 378 g/mol. The van der Waals surface area contributed by atoms with E-state index < -0.39 is 30.4 Å². The van der Waals surface area contributed by atoms with Crippen LogP contribution in [0.1, 0.15) is 39.0 Å². The van der Waals surface area contributed by atoms with Crippen molar-refractivity contribution in [1.29, 1.82) is 0 Å². The third-order valence-corrected chi connectivity index (χ3v) is 5.52. The van der Waals surface area contributed by atoms with E-state index in [9.17, 15) is 19.2 Å². The van der Waals surface area contributed by atoms with E-state index >= 15 is 0 Å². The Morgan fingerprint density at radius 1 is 1.21 bits per heavy atom. The van der Waals surface area contributed by atoms with Crippen molar-refractivity contribution in [2.24, 2.45) is 14.1 Å². The fourth-order valence-corrected chi connectivity index (χ4v) is 3.97. The van der Waals surface area contributed by atoms with E-state index in [-0.39, 0.29) is 23.1 Å². The molecular formula is C19H27N5O5. The average Bonchev–Trinajstić information content (AvgIpc) is 3.11. The molecule has 10 nitrogen and oxygen atoms in total. The number of rotatable bonds is 6. The molecule has 2 heterocycles. The SMILES string of the molecule is CCN(C(=O)COC(=O)Cn1c(=O)c2c(ncn2C)n(C)c1=O)C1CCCCC1. The molecule has 2 aromatic rings. The Balaban J connectivity index is 1.69. The van der Waals surface area contributed by atoms with Gasteiger partial charge in [-0.1, -0.05) is 19.3 Å². The minimum atomic E-state index is -0.807. The van der Waals surface area contributed by atoms with Gasteiger partial charge in [-0.3, -0.25) is 19.0 Å². The lowest BCUT2D eigenvalue weighted by Gasteiger charge is -2.33. The third kappa shape index (κ3) is 4.10. The molecule has 0 saturated heterocycles. The minimum Gasteiger partial charge on any atom is -0.454 e. The van der Waals surface area contributed by atoms with Crippen LogP contribution in [0.25, 0.3) is 11.2 Å². The lowest BCUT2D eigenvalue weighted by Crippen LogP contribution is -2.44. The van der Waals surface area contributed by atoms with E-state index in [1.54, 1.807) is 11.9 Å². The topological polar surface area (TPSA) is 108 Å². The Bertz CT molecular complexity index is 1030. The Morgan fingerprint density at radius 3 is 2.55 bits per heavy atom. The van der Waals surface area contributed by atoms with Gasteiger partial charge in [-0.2, -0.15) is 0 Å². The fourth-order valence-electron chi connectivity index (χ4n) is 3.97. The van der Waals surface area contributed by atoms with Gasteiger partial charge in [0.25, 0.3) is 11.5 Å². The van der Waals surface area contributed by atoms with Gasteiger partial charge in [0, 0.05) is 26.7 Å². The second-order valence-electron chi connectivity index (χ2n) is 7.39. The van der Waals surface area contributed by atoms with Crippen molar-refractivity contribution in [3.63, 3.8) is 0 Å². The number of aryl methyl sites for hydroxylation is 2. The number of likely N-dealkylation sites (N-methyl/N-ethyl adjacent to an activating group) is 1. The van der Waals surface area contributed by atoms with Gasteiger partial charge in [0.05, 0.1) is 6.33 Å². The molecule has 0 aromatic carbocycles. The second-order valence-corrected chi connectivity index (χ2v) is 7.39. The van der Waals surface area contributed by atoms with Crippen LogP contribution in [0.4, 0.5) is 0 Å². The third-order valence-electron chi connectivity index (χ3n) is 5.52. The zero-order chi connectivity index (χ0) is 21.1. The van der Waals surface area contributed by atoms with Crippen molar-refractivity contribution in [3.8, 4) is 0 Å². The molecule has 0 N–H and O–H groups in total. The monoisotopic (exact) mass is 405 g/mol. The van der Waals surface area contributed by atoms with Crippen LogP contribution >= 0.6 is 0 Å². The number of carbonyl (C=O) groups is 2. The fraction of sp³-hybridized carbons (Fsp3) is 0.632. The van der Waals surface area contributed by atoms with E-state index in [1.165, 1.54) is 28.9 Å². The summed E-state index contributed by atoms with van der Waals surface area (Å²) in [6.07, 6.45) is 6.72. The first kappa shape index (κ1) is 20.8. The Labute approximate surface area is 167 Å². The molecule has 2 aromatic heterocycles. The molecule has 0 spiro atoms. The van der Waals surface area contributed by atoms with Crippen molar-refractivity contribution in [2.75, 3.05) is 13.2 Å². The van der Waals surface area contributed by atoms with E-state index in [0.29, 0.717) is 6.54 Å². The molecule has 1 aliphatic rings. The predicted octanol–water partition coefficient (Wildman–Crippen LogP) is 0.158. The van der Waals surface area contributed by atoms with Crippen LogP contribution in [0.5, 0.6) is 0 Å². The first-order chi connectivity index (χ1) is 13.8. The smallest absolute Gasteiger partial charge is 0.333 e. The quantitative estimate of drug-likeness (QED) is 0.634. The van der Waals surface area contributed by atoms with Gasteiger partial charge in [-0.05, 0) is 19.8 Å². The van der Waals surface area contributed by atoms with Crippen molar-refractivity contribution in [3.05, 3.63) is 27.2 Å². The van der Waals surface area contributed by atoms with Crippen LogP contribution in [0.2, 0.25) is 0 Å². The number of fused-ring (bicyclic) bond motifs is 1. The molecule has 0 radical (unpaired) electrons. The van der Waals surface area contributed by atoms with E-state index in [0.717, 1.165) is 30.3 Å². The maximum absolute atomic E-state index is 12.6. The lowest BCUT2D eigenvalue weighted by molar-refractivity contribution is -0.153. The van der Waals surface area contributed by atoms with E-state index in [2.05, 4.69) is 4.98 Å². The van der Waals surface area contributed by atoms with Gasteiger partial charge in [-0.25, -0.2) is 14.3 Å². The highest BCUT2D eigenvalue weighted by Gasteiger charge is 2.25. The number of aromatic nitrogens is 4. The molecule has 0 atom stereocenters. The largest absolute Gasteiger partial charge is 0.454 e. The first-order valence-corrected chi connectivity index (χ1v) is 9.91. The van der Waals surface area contributed by atoms with E-state index in [1.807, 2.05) is 6.92 Å². The van der Waals surface area contributed by atoms with Crippen LogP contribution < -0.4 is 11.2 Å². The molecule has 1 fully saturated rings. The molecule has 0 bridgehead atoms. The summed E-state index contributed by atoms with van der Waals surface area (Å²) in [6, 6.07) is 0.183. The Hall–Kier alpha value is -2.91. The van der Waals surface area contributed by atoms with Crippen molar-refractivity contribution >= 4 is 23.0 Å². The molecule has 0 unspecified atom stereocenters. The summed E-state index contributed by atoms with van der Waals surface area (Å²) in [5.74, 6) is -1.06. The van der Waals surface area contributed by atoms with Gasteiger partial charge >= 0.3 is 11.7 Å². The van der Waals surface area contributed by atoms with Gasteiger partial charge in [-0.15, -0.1) is 0 Å². The molecule has 1 saturated carbocycles. The highest BCUT2D eigenvalue weighted by atomic mass is 16.5. The molecule has 3 rings (SSSR count). The summed E-state index contributed by atoms with van der Waals surface area (Å²) in [6.45, 7) is 1.50. The molecule has 29 heavy (non-hydrogen) atoms. The summed E-state index contributed by atoms with van der Waals surface area (Å²) in [5.41, 5.74) is -0.829. The molecule has 1 amide bonds. The normalized spacial score (nSPS) is 14.9. The number of hydrogen-bond acceptors (Lipinski definition) is 6. The Kier molecular flexibility index (Phi) is 6.19. The molecule has 0 aliphatic heterocycles. The van der Waals surface area contributed by atoms with Crippen LogP contribution in [0.15, 0.2) is 15.9 Å². The number of amides is 1. The lowest BCUT2D eigenvalue weighted by atomic mass is 9.94. The van der Waals surface area contributed by atoms with Gasteiger partial charge in [0.2, 0.25) is 0 Å². The van der Waals surface area contributed by atoms with Crippen LogP contribution in [0, 0.1) is 0 Å². The number of ether oxygens (including phenoxy) is 1. The van der Waals surface area contributed by atoms with Gasteiger partial charge in [0.1, 0.15) is 6.54 Å². The molecule has 158 valence electrons. The number of hydrogen-bond donors (Lipinski definition) is 0. The maximum atomic E-state index is 12.6. The van der Waals surface area contributed by atoms with Crippen LogP contribution in [-0.2, 0) is 35.0 Å². The minimum absolute atomic E-state index is 0.183. The zero-order valence-electron chi connectivity index (χ0n) is 17.1. The predicted molar refractivity (Wildman–Crippen MR) is 105 cm³/mol. The maximum Gasteiger partial charge on any atom is 0.333 e. The number of nitrogens with zero attached hydrogens (tertiary/aromatic N) is 5. The highest BCUT2D eigenvalue weighted by molar-refractivity contribution is 5.81. The summed E-state index contributed by atoms with van der Waals surface area (Å²) in [7, 11) is 3.11. The number of esters is 1. The van der Waals surface area contributed by atoms with Crippen molar-refractivity contribution in [1.82, 2.24) is 23.6 Å². The van der Waals surface area contributed by atoms with Crippen molar-refractivity contribution < 1.29 is 14.3 Å². The average molecular weight is 405 g/mol. The summed E-state index contributed by atoms with van der Waals surface area (Å²) >= 11 is 0. The summed E-state index contributed by atoms with van der Waals surface area (Å²) in [4.78, 5) is 55.6. The van der Waals surface area contributed by atoms with Gasteiger partial charge < -0.3 is 14.2 Å². The highest BCUT2D eigenvalue weighted by Crippen LogP contribution is 2.22. The van der Waals surface area contributed by atoms with E-state index in [4.69, 9.17) is 4.74 Å². The summed E-state index contributed by atoms with van der Waals surface area (Å²) in [5, 5.41) is 0. The molecule has 1 aliphatic carbocycles. The summed E-state index contributed by atoms with van der Waals surface area (Å²) < 4.78 is 8.59. The number of carbonyl (C=O) groups excluding carboxylic acids is 2. The zero-order valence-corrected chi connectivity index (χ0v) is 17.1. The standard InChI is InChI=1S/C19H27N5O5/c1-4-23(13-8-6-5-7-9-13)14(25)11-29-15(26)10-24-18(27)16-17(20-12-21(16)2)22(3)19(24)28/h12-13H,4-11H2,1-3H3. The number of imidazole rings is 1. The second kappa shape index (κ2) is 8.62. The first-order valence-electron chi connectivity index (χ1n) is 9.91. The van der Waals surface area contributed by atoms with Crippen LogP contribution in [0.3, 0.4) is 0 Å².